The van der Waals surface area contributed by atoms with Crippen molar-refractivity contribution in [1.82, 2.24) is 0 Å². The van der Waals surface area contributed by atoms with E-state index in [9.17, 15) is 14.7 Å². The van der Waals surface area contributed by atoms with Crippen molar-refractivity contribution < 1.29 is 24.2 Å². The lowest BCUT2D eigenvalue weighted by molar-refractivity contribution is -0.125. The minimum absolute atomic E-state index is 0.0796. The molecule has 0 aliphatic carbocycles. The summed E-state index contributed by atoms with van der Waals surface area (Å²) in [4.78, 5) is 24.9. The van der Waals surface area contributed by atoms with Gasteiger partial charge in [-0.1, -0.05) is 19.1 Å². The first-order valence-electron chi connectivity index (χ1n) is 7.56. The van der Waals surface area contributed by atoms with E-state index in [1.807, 2.05) is 19.9 Å². The summed E-state index contributed by atoms with van der Waals surface area (Å²) >= 11 is 1.26. The monoisotopic (exact) mass is 347 g/mol. The molecule has 24 heavy (non-hydrogen) atoms. The Morgan fingerprint density at radius 2 is 2.04 bits per heavy atom. The first kappa shape index (κ1) is 16.3. The fourth-order valence-electron chi connectivity index (χ4n) is 2.66. The van der Waals surface area contributed by atoms with Crippen molar-refractivity contribution in [3.63, 3.8) is 0 Å². The van der Waals surface area contributed by atoms with Gasteiger partial charge >= 0.3 is 5.97 Å². The van der Waals surface area contributed by atoms with Crippen LogP contribution in [0.5, 0.6) is 11.5 Å². The topological polar surface area (TPSA) is 84.9 Å². The molecule has 1 amide bonds. The smallest absolute Gasteiger partial charge is 0.339 e. The molecule has 1 aliphatic heterocycles. The van der Waals surface area contributed by atoms with E-state index in [1.165, 1.54) is 11.3 Å². The van der Waals surface area contributed by atoms with Crippen LogP contribution in [0, 0.1) is 6.92 Å². The number of para-hydroxylation sites is 2. The van der Waals surface area contributed by atoms with Gasteiger partial charge in [-0.2, -0.15) is 0 Å². The van der Waals surface area contributed by atoms with Crippen LogP contribution in [-0.2, 0) is 11.2 Å². The highest BCUT2D eigenvalue weighted by Crippen LogP contribution is 2.35. The number of aryl methyl sites for hydroxylation is 1. The Hall–Kier alpha value is -2.54. The second kappa shape index (κ2) is 6.52. The predicted molar refractivity (Wildman–Crippen MR) is 90.4 cm³/mol. The molecular formula is C17H17NO5S. The largest absolute Gasteiger partial charge is 0.485 e. The van der Waals surface area contributed by atoms with Gasteiger partial charge in [0, 0.05) is 4.88 Å². The average Bonchev–Trinajstić information content (AvgIpc) is 2.89. The third-order valence-electron chi connectivity index (χ3n) is 3.81. The summed E-state index contributed by atoms with van der Waals surface area (Å²) in [5.74, 6) is -0.374. The third-order valence-corrected chi connectivity index (χ3v) is 4.88. The van der Waals surface area contributed by atoms with Gasteiger partial charge in [-0.05, 0) is 31.0 Å². The van der Waals surface area contributed by atoms with Crippen LogP contribution >= 0.6 is 11.3 Å². The molecule has 0 radical (unpaired) electrons. The second-order valence-electron chi connectivity index (χ2n) is 5.35. The number of fused-ring (bicyclic) bond motifs is 1. The normalized spacial score (nSPS) is 15.8. The number of nitrogens with one attached hydrogen (secondary N) is 1. The van der Waals surface area contributed by atoms with Crippen LogP contribution in [0.2, 0.25) is 0 Å². The van der Waals surface area contributed by atoms with E-state index in [-0.39, 0.29) is 12.2 Å². The third kappa shape index (κ3) is 2.94. The number of anilines is 1. The van der Waals surface area contributed by atoms with E-state index in [0.717, 1.165) is 10.4 Å². The quantitative estimate of drug-likeness (QED) is 0.888. The highest BCUT2D eigenvalue weighted by atomic mass is 32.1. The maximum atomic E-state index is 12.5. The lowest BCUT2D eigenvalue weighted by Crippen LogP contribution is -2.40. The Labute approximate surface area is 143 Å². The molecule has 6 nitrogen and oxygen atoms in total. The van der Waals surface area contributed by atoms with E-state index < -0.39 is 18.0 Å². The minimum Gasteiger partial charge on any atom is -0.485 e. The number of carboxylic acid groups (broad SMARTS) is 1. The van der Waals surface area contributed by atoms with Crippen molar-refractivity contribution in [2.45, 2.75) is 26.4 Å². The Morgan fingerprint density at radius 3 is 2.71 bits per heavy atom. The van der Waals surface area contributed by atoms with Crippen molar-refractivity contribution in [3.8, 4) is 11.5 Å². The van der Waals surface area contributed by atoms with Crippen LogP contribution in [0.4, 0.5) is 5.00 Å². The van der Waals surface area contributed by atoms with Crippen LogP contribution < -0.4 is 14.8 Å². The van der Waals surface area contributed by atoms with Crippen molar-refractivity contribution in [2.75, 3.05) is 11.9 Å². The zero-order valence-corrected chi connectivity index (χ0v) is 14.1. The molecule has 0 saturated carbocycles. The number of hydrogen-bond donors (Lipinski definition) is 2. The molecule has 0 saturated heterocycles. The van der Waals surface area contributed by atoms with E-state index in [0.29, 0.717) is 22.9 Å². The molecule has 7 heteroatoms. The molecule has 1 aliphatic rings. The fraction of sp³-hybridized carbons (Fsp3) is 0.294. The number of carboxylic acids is 1. The molecule has 1 atom stereocenters. The summed E-state index contributed by atoms with van der Waals surface area (Å²) in [5, 5.41) is 12.5. The molecule has 0 fully saturated rings. The summed E-state index contributed by atoms with van der Waals surface area (Å²) in [6.07, 6.45) is -0.231. The molecule has 1 unspecified atom stereocenters. The number of amides is 1. The summed E-state index contributed by atoms with van der Waals surface area (Å²) in [5.41, 5.74) is 0.902. The Morgan fingerprint density at radius 1 is 1.33 bits per heavy atom. The zero-order valence-electron chi connectivity index (χ0n) is 13.3. The number of ether oxygens (including phenoxy) is 2. The molecule has 126 valence electrons. The Kier molecular flexibility index (Phi) is 4.44. The van der Waals surface area contributed by atoms with Gasteiger partial charge in [0.1, 0.15) is 11.6 Å². The molecule has 1 aromatic heterocycles. The molecule has 0 bridgehead atoms. The van der Waals surface area contributed by atoms with Crippen LogP contribution in [0.15, 0.2) is 24.3 Å². The van der Waals surface area contributed by atoms with Crippen molar-refractivity contribution in [1.29, 1.82) is 0 Å². The molecular weight excluding hydrogens is 330 g/mol. The van der Waals surface area contributed by atoms with Crippen LogP contribution in [0.1, 0.15) is 27.7 Å². The van der Waals surface area contributed by atoms with Gasteiger partial charge in [0.05, 0.1) is 5.56 Å². The molecule has 2 heterocycles. The summed E-state index contributed by atoms with van der Waals surface area (Å²) in [6, 6.07) is 7.10. The Bertz CT molecular complexity index is 798. The van der Waals surface area contributed by atoms with E-state index in [4.69, 9.17) is 9.47 Å². The van der Waals surface area contributed by atoms with Gasteiger partial charge in [-0.25, -0.2) is 4.79 Å². The van der Waals surface area contributed by atoms with Gasteiger partial charge in [-0.15, -0.1) is 11.3 Å². The van der Waals surface area contributed by atoms with E-state index in [2.05, 4.69) is 5.32 Å². The van der Waals surface area contributed by atoms with Gasteiger partial charge < -0.3 is 19.9 Å². The first-order valence-corrected chi connectivity index (χ1v) is 8.37. The van der Waals surface area contributed by atoms with Crippen LogP contribution in [0.3, 0.4) is 0 Å². The van der Waals surface area contributed by atoms with Gasteiger partial charge in [-0.3, -0.25) is 4.79 Å². The van der Waals surface area contributed by atoms with Crippen molar-refractivity contribution >= 4 is 28.2 Å². The maximum absolute atomic E-state index is 12.5. The molecule has 2 N–H and O–H groups in total. The van der Waals surface area contributed by atoms with Crippen LogP contribution in [-0.4, -0.2) is 29.7 Å². The average molecular weight is 347 g/mol. The summed E-state index contributed by atoms with van der Waals surface area (Å²) in [6.45, 7) is 3.82. The van der Waals surface area contributed by atoms with Crippen LogP contribution in [0.25, 0.3) is 0 Å². The Balaban J connectivity index is 1.80. The number of carbonyl (C=O) groups is 2. The molecule has 1 aromatic carbocycles. The predicted octanol–water partition coefficient (Wildman–Crippen LogP) is 3.10. The standard InChI is InChI=1S/C17H17NO5S/c1-3-10-9(2)24-16(14(10)17(20)21)18-15(19)13-8-22-11-6-4-5-7-12(11)23-13/h4-7,13H,3,8H2,1-2H3,(H,18,19)(H,20,21). The SMILES string of the molecule is CCc1c(C)sc(NC(=O)C2COc3ccccc3O2)c1C(=O)O. The van der Waals surface area contributed by atoms with Gasteiger partial charge in [0.25, 0.3) is 5.91 Å². The molecule has 2 aromatic rings. The number of aromatic carboxylic acids is 1. The van der Waals surface area contributed by atoms with E-state index in [1.54, 1.807) is 18.2 Å². The number of hydrogen-bond acceptors (Lipinski definition) is 5. The second-order valence-corrected chi connectivity index (χ2v) is 6.58. The highest BCUT2D eigenvalue weighted by molar-refractivity contribution is 7.16. The number of carbonyl (C=O) groups excluding carboxylic acids is 1. The van der Waals surface area contributed by atoms with Gasteiger partial charge in [0.2, 0.25) is 6.10 Å². The number of benzene rings is 1. The fourth-order valence-corrected chi connectivity index (χ4v) is 3.80. The van der Waals surface area contributed by atoms with Gasteiger partial charge in [0.15, 0.2) is 11.5 Å². The maximum Gasteiger partial charge on any atom is 0.339 e. The lowest BCUT2D eigenvalue weighted by Gasteiger charge is -2.25. The summed E-state index contributed by atoms with van der Waals surface area (Å²) < 4.78 is 11.2. The lowest BCUT2D eigenvalue weighted by atomic mass is 10.1. The molecule has 0 spiro atoms. The summed E-state index contributed by atoms with van der Waals surface area (Å²) in [7, 11) is 0. The van der Waals surface area contributed by atoms with Crippen molar-refractivity contribution in [2.24, 2.45) is 0 Å². The van der Waals surface area contributed by atoms with E-state index >= 15 is 0 Å². The van der Waals surface area contributed by atoms with Crippen molar-refractivity contribution in [3.05, 3.63) is 40.3 Å². The first-order chi connectivity index (χ1) is 11.5. The minimum atomic E-state index is -1.04. The zero-order chi connectivity index (χ0) is 17.3. The number of rotatable bonds is 4. The molecule has 3 rings (SSSR count). The highest BCUT2D eigenvalue weighted by Gasteiger charge is 2.29. The number of thiophene rings is 1.